The molecule has 0 aromatic carbocycles. The van der Waals surface area contributed by atoms with Crippen LogP contribution in [0.5, 0.6) is 5.88 Å². The first-order chi connectivity index (χ1) is 9.15. The van der Waals surface area contributed by atoms with Crippen LogP contribution in [0.2, 0.25) is 0 Å². The van der Waals surface area contributed by atoms with Crippen LogP contribution in [0.4, 0.5) is 5.82 Å². The van der Waals surface area contributed by atoms with Gasteiger partial charge in [-0.15, -0.1) is 0 Å². The molecule has 0 radical (unpaired) electrons. The molecule has 5 heteroatoms. The number of hydrogen-bond acceptors (Lipinski definition) is 5. The third kappa shape index (κ3) is 5.87. The second kappa shape index (κ2) is 8.69. The zero-order valence-corrected chi connectivity index (χ0v) is 12.4. The Bertz CT molecular complexity index is 370. The van der Waals surface area contributed by atoms with Gasteiger partial charge in [0.15, 0.2) is 0 Å². The molecule has 0 saturated heterocycles. The number of hydrogen-bond donors (Lipinski definition) is 1. The van der Waals surface area contributed by atoms with Crippen molar-refractivity contribution in [3.05, 3.63) is 11.9 Å². The lowest BCUT2D eigenvalue weighted by atomic mass is 10.2. The molecule has 1 rings (SSSR count). The third-order valence-corrected chi connectivity index (χ3v) is 2.50. The minimum Gasteiger partial charge on any atom is -0.475 e. The van der Waals surface area contributed by atoms with Gasteiger partial charge in [0, 0.05) is 13.2 Å². The van der Waals surface area contributed by atoms with Crippen LogP contribution in [0.1, 0.15) is 32.8 Å². The SMILES string of the molecule is CCCNc1ncnc(OCCOCC(C)C)c1C. The number of aromatic nitrogens is 2. The Morgan fingerprint density at radius 3 is 2.74 bits per heavy atom. The molecule has 0 amide bonds. The lowest BCUT2D eigenvalue weighted by molar-refractivity contribution is 0.0804. The first-order valence-corrected chi connectivity index (χ1v) is 6.91. The van der Waals surface area contributed by atoms with Crippen molar-refractivity contribution in [1.29, 1.82) is 0 Å². The number of rotatable bonds is 9. The van der Waals surface area contributed by atoms with E-state index in [1.54, 1.807) is 0 Å². The topological polar surface area (TPSA) is 56.3 Å². The van der Waals surface area contributed by atoms with Gasteiger partial charge in [-0.05, 0) is 19.3 Å². The van der Waals surface area contributed by atoms with Crippen molar-refractivity contribution in [2.45, 2.75) is 34.1 Å². The number of nitrogens with one attached hydrogen (secondary N) is 1. The Hall–Kier alpha value is -1.36. The largest absolute Gasteiger partial charge is 0.475 e. The Labute approximate surface area is 115 Å². The van der Waals surface area contributed by atoms with Gasteiger partial charge < -0.3 is 14.8 Å². The van der Waals surface area contributed by atoms with Crippen molar-refractivity contribution in [1.82, 2.24) is 9.97 Å². The van der Waals surface area contributed by atoms with Crippen molar-refractivity contribution in [3.63, 3.8) is 0 Å². The van der Waals surface area contributed by atoms with Gasteiger partial charge in [-0.2, -0.15) is 0 Å². The summed E-state index contributed by atoms with van der Waals surface area (Å²) >= 11 is 0. The monoisotopic (exact) mass is 267 g/mol. The van der Waals surface area contributed by atoms with Crippen LogP contribution < -0.4 is 10.1 Å². The molecule has 0 fully saturated rings. The molecule has 1 aromatic rings. The van der Waals surface area contributed by atoms with Crippen molar-refractivity contribution in [2.75, 3.05) is 31.7 Å². The molecule has 1 aromatic heterocycles. The summed E-state index contributed by atoms with van der Waals surface area (Å²) in [4.78, 5) is 8.36. The zero-order valence-electron chi connectivity index (χ0n) is 12.4. The molecule has 1 heterocycles. The summed E-state index contributed by atoms with van der Waals surface area (Å²) in [5, 5.41) is 3.26. The molecule has 0 saturated carbocycles. The van der Waals surface area contributed by atoms with Crippen LogP contribution in [0.3, 0.4) is 0 Å². The lowest BCUT2D eigenvalue weighted by Gasteiger charge is -2.12. The van der Waals surface area contributed by atoms with Crippen LogP contribution in [0.15, 0.2) is 6.33 Å². The molecule has 0 spiro atoms. The molecule has 0 aliphatic carbocycles. The van der Waals surface area contributed by atoms with Crippen molar-refractivity contribution in [3.8, 4) is 5.88 Å². The smallest absolute Gasteiger partial charge is 0.221 e. The van der Waals surface area contributed by atoms with Gasteiger partial charge in [0.1, 0.15) is 18.8 Å². The molecule has 5 nitrogen and oxygen atoms in total. The second-order valence-electron chi connectivity index (χ2n) is 4.90. The molecule has 108 valence electrons. The van der Waals surface area contributed by atoms with Gasteiger partial charge in [-0.3, -0.25) is 0 Å². The van der Waals surface area contributed by atoms with E-state index in [0.29, 0.717) is 25.0 Å². The van der Waals surface area contributed by atoms with Crippen LogP contribution >= 0.6 is 0 Å². The fraction of sp³-hybridized carbons (Fsp3) is 0.714. The minimum absolute atomic E-state index is 0.512. The summed E-state index contributed by atoms with van der Waals surface area (Å²) in [5.74, 6) is 2.02. The first-order valence-electron chi connectivity index (χ1n) is 6.91. The van der Waals surface area contributed by atoms with E-state index in [2.05, 4.69) is 36.1 Å². The van der Waals surface area contributed by atoms with E-state index in [0.717, 1.165) is 31.0 Å². The lowest BCUT2D eigenvalue weighted by Crippen LogP contribution is -2.12. The highest BCUT2D eigenvalue weighted by atomic mass is 16.5. The highest BCUT2D eigenvalue weighted by Gasteiger charge is 2.07. The molecular weight excluding hydrogens is 242 g/mol. The Morgan fingerprint density at radius 2 is 2.05 bits per heavy atom. The van der Waals surface area contributed by atoms with Crippen LogP contribution in [-0.4, -0.2) is 36.3 Å². The summed E-state index contributed by atoms with van der Waals surface area (Å²) in [6.45, 7) is 11.1. The van der Waals surface area contributed by atoms with E-state index >= 15 is 0 Å². The van der Waals surface area contributed by atoms with Gasteiger partial charge in [-0.1, -0.05) is 20.8 Å². The average molecular weight is 267 g/mol. The van der Waals surface area contributed by atoms with Crippen LogP contribution in [-0.2, 0) is 4.74 Å². The van der Waals surface area contributed by atoms with Crippen LogP contribution in [0, 0.1) is 12.8 Å². The molecule has 0 aliphatic rings. The normalized spacial score (nSPS) is 10.8. The predicted molar refractivity (Wildman–Crippen MR) is 76.7 cm³/mol. The summed E-state index contributed by atoms with van der Waals surface area (Å²) in [7, 11) is 0. The van der Waals surface area contributed by atoms with Crippen molar-refractivity contribution < 1.29 is 9.47 Å². The summed E-state index contributed by atoms with van der Waals surface area (Å²) in [6, 6.07) is 0. The predicted octanol–water partition coefficient (Wildman–Crippen LogP) is 2.66. The Balaban J connectivity index is 2.40. The van der Waals surface area contributed by atoms with Gasteiger partial charge in [0.2, 0.25) is 5.88 Å². The molecule has 0 aliphatic heterocycles. The quantitative estimate of drug-likeness (QED) is 0.697. The van der Waals surface area contributed by atoms with Crippen molar-refractivity contribution >= 4 is 5.82 Å². The maximum absolute atomic E-state index is 5.62. The molecule has 19 heavy (non-hydrogen) atoms. The average Bonchev–Trinajstić information content (AvgIpc) is 2.38. The maximum Gasteiger partial charge on any atom is 0.221 e. The number of ether oxygens (including phenoxy) is 2. The standard InChI is InChI=1S/C14H25N3O2/c1-5-6-15-13-12(4)14(17-10-16-13)19-8-7-18-9-11(2)3/h10-11H,5-9H2,1-4H3,(H,15,16,17). The number of anilines is 1. The summed E-state index contributed by atoms with van der Waals surface area (Å²) < 4.78 is 11.1. The van der Waals surface area contributed by atoms with Crippen molar-refractivity contribution in [2.24, 2.45) is 5.92 Å². The Kier molecular flexibility index (Phi) is 7.18. The van der Waals surface area contributed by atoms with Gasteiger partial charge in [-0.25, -0.2) is 9.97 Å². The van der Waals surface area contributed by atoms with Gasteiger partial charge in [0.25, 0.3) is 0 Å². The fourth-order valence-electron chi connectivity index (χ4n) is 1.52. The van der Waals surface area contributed by atoms with E-state index in [4.69, 9.17) is 9.47 Å². The number of nitrogens with zero attached hydrogens (tertiary/aromatic N) is 2. The van der Waals surface area contributed by atoms with E-state index in [9.17, 15) is 0 Å². The summed E-state index contributed by atoms with van der Waals surface area (Å²) in [6.07, 6.45) is 2.58. The first kappa shape index (κ1) is 15.7. The molecular formula is C14H25N3O2. The van der Waals surface area contributed by atoms with Gasteiger partial charge >= 0.3 is 0 Å². The Morgan fingerprint density at radius 1 is 1.26 bits per heavy atom. The molecule has 1 N–H and O–H groups in total. The zero-order chi connectivity index (χ0) is 14.1. The van der Waals surface area contributed by atoms with E-state index in [1.807, 2.05) is 6.92 Å². The molecule has 0 unspecified atom stereocenters. The molecule has 0 bridgehead atoms. The highest BCUT2D eigenvalue weighted by molar-refractivity contribution is 5.47. The fourth-order valence-corrected chi connectivity index (χ4v) is 1.52. The van der Waals surface area contributed by atoms with E-state index in [-0.39, 0.29) is 0 Å². The second-order valence-corrected chi connectivity index (χ2v) is 4.90. The highest BCUT2D eigenvalue weighted by Crippen LogP contribution is 2.20. The summed E-state index contributed by atoms with van der Waals surface area (Å²) in [5.41, 5.74) is 0.944. The van der Waals surface area contributed by atoms with E-state index < -0.39 is 0 Å². The maximum atomic E-state index is 5.62. The molecule has 0 atom stereocenters. The minimum atomic E-state index is 0.512. The van der Waals surface area contributed by atoms with E-state index in [1.165, 1.54) is 6.33 Å². The van der Waals surface area contributed by atoms with Gasteiger partial charge in [0.05, 0.1) is 12.2 Å². The third-order valence-electron chi connectivity index (χ3n) is 2.50. The van der Waals surface area contributed by atoms with Crippen LogP contribution in [0.25, 0.3) is 0 Å².